The minimum absolute atomic E-state index is 0.188. The van der Waals surface area contributed by atoms with Crippen molar-refractivity contribution >= 4 is 22.9 Å². The molecule has 0 aromatic carbocycles. The van der Waals surface area contributed by atoms with Gasteiger partial charge in [-0.1, -0.05) is 0 Å². The van der Waals surface area contributed by atoms with Crippen LogP contribution in [0.4, 0.5) is 5.69 Å². The lowest BCUT2D eigenvalue weighted by Gasteiger charge is -2.05. The van der Waals surface area contributed by atoms with E-state index in [2.05, 4.69) is 20.6 Å². The Morgan fingerprint density at radius 1 is 1.44 bits per heavy atom. The lowest BCUT2D eigenvalue weighted by Crippen LogP contribution is -2.19. The highest BCUT2D eigenvalue weighted by Gasteiger charge is 2.05. The smallest absolute Gasteiger partial charge is 0.269 e. The quantitative estimate of drug-likeness (QED) is 0.882. The van der Waals surface area contributed by atoms with E-state index in [1.165, 1.54) is 0 Å². The van der Waals surface area contributed by atoms with Crippen LogP contribution < -0.4 is 10.6 Å². The third-order valence-electron chi connectivity index (χ3n) is 2.36. The van der Waals surface area contributed by atoms with Crippen LogP contribution in [0.15, 0.2) is 24.5 Å². The highest BCUT2D eigenvalue weighted by molar-refractivity contribution is 7.11. The van der Waals surface area contributed by atoms with Gasteiger partial charge in [0, 0.05) is 30.0 Å². The fourth-order valence-electron chi connectivity index (χ4n) is 1.47. The second-order valence-electron chi connectivity index (χ2n) is 3.71. The number of pyridine rings is 1. The highest BCUT2D eigenvalue weighted by atomic mass is 32.1. The molecule has 0 fully saturated rings. The first kappa shape index (κ1) is 12.5. The van der Waals surface area contributed by atoms with Gasteiger partial charge in [-0.05, 0) is 19.1 Å². The Kier molecular flexibility index (Phi) is 3.88. The molecule has 0 radical (unpaired) electrons. The number of nitrogens with zero attached hydrogens (tertiary/aromatic N) is 2. The van der Waals surface area contributed by atoms with Crippen LogP contribution in [0, 0.1) is 6.92 Å². The molecule has 2 aromatic rings. The average molecular weight is 262 g/mol. The van der Waals surface area contributed by atoms with E-state index >= 15 is 0 Å². The number of aromatic nitrogens is 2. The average Bonchev–Trinajstić information content (AvgIpc) is 2.81. The van der Waals surface area contributed by atoms with Gasteiger partial charge in [-0.3, -0.25) is 9.78 Å². The molecule has 18 heavy (non-hydrogen) atoms. The SMILES string of the molecule is CNC(=O)c1cc(NCc2cnc(C)s2)ccn1. The highest BCUT2D eigenvalue weighted by Crippen LogP contribution is 2.14. The summed E-state index contributed by atoms with van der Waals surface area (Å²) in [7, 11) is 1.59. The summed E-state index contributed by atoms with van der Waals surface area (Å²) in [5.74, 6) is -0.188. The van der Waals surface area contributed by atoms with Crippen molar-refractivity contribution in [1.29, 1.82) is 0 Å². The first-order valence-electron chi connectivity index (χ1n) is 5.52. The number of aryl methyl sites for hydroxylation is 1. The Hall–Kier alpha value is -1.95. The number of carbonyl (C=O) groups excluding carboxylic acids is 1. The number of hydrogen-bond acceptors (Lipinski definition) is 5. The lowest BCUT2D eigenvalue weighted by atomic mass is 10.3. The van der Waals surface area contributed by atoms with Crippen molar-refractivity contribution in [2.45, 2.75) is 13.5 Å². The molecule has 2 aromatic heterocycles. The number of nitrogens with one attached hydrogen (secondary N) is 2. The van der Waals surface area contributed by atoms with E-state index in [9.17, 15) is 4.79 Å². The van der Waals surface area contributed by atoms with Crippen molar-refractivity contribution in [3.63, 3.8) is 0 Å². The lowest BCUT2D eigenvalue weighted by molar-refractivity contribution is 0.0958. The van der Waals surface area contributed by atoms with Crippen molar-refractivity contribution in [1.82, 2.24) is 15.3 Å². The molecule has 0 unspecified atom stereocenters. The molecule has 94 valence electrons. The molecule has 0 saturated heterocycles. The fraction of sp³-hybridized carbons (Fsp3) is 0.250. The maximum Gasteiger partial charge on any atom is 0.269 e. The maximum atomic E-state index is 11.4. The standard InChI is InChI=1S/C12H14N4OS/c1-8-15-6-10(18-8)7-16-9-3-4-14-11(5-9)12(17)13-2/h3-6H,7H2,1-2H3,(H,13,17)(H,14,16). The molecule has 0 aliphatic heterocycles. The predicted octanol–water partition coefficient (Wildman–Crippen LogP) is 1.82. The number of rotatable bonds is 4. The van der Waals surface area contributed by atoms with Crippen LogP contribution in [0.5, 0.6) is 0 Å². The normalized spacial score (nSPS) is 10.1. The maximum absolute atomic E-state index is 11.4. The van der Waals surface area contributed by atoms with Crippen molar-refractivity contribution in [3.8, 4) is 0 Å². The molecule has 0 saturated carbocycles. The number of anilines is 1. The second kappa shape index (κ2) is 5.59. The summed E-state index contributed by atoms with van der Waals surface area (Å²) in [6.45, 7) is 2.67. The van der Waals surface area contributed by atoms with Gasteiger partial charge in [-0.2, -0.15) is 0 Å². The summed E-state index contributed by atoms with van der Waals surface area (Å²) >= 11 is 1.65. The summed E-state index contributed by atoms with van der Waals surface area (Å²) in [6.07, 6.45) is 3.47. The number of hydrogen-bond donors (Lipinski definition) is 2. The molecule has 0 bridgehead atoms. The third kappa shape index (κ3) is 3.04. The largest absolute Gasteiger partial charge is 0.380 e. The van der Waals surface area contributed by atoms with Crippen LogP contribution in [-0.4, -0.2) is 22.9 Å². The molecule has 0 spiro atoms. The van der Waals surface area contributed by atoms with Crippen molar-refractivity contribution in [2.75, 3.05) is 12.4 Å². The van der Waals surface area contributed by atoms with Crippen molar-refractivity contribution in [3.05, 3.63) is 40.1 Å². The Labute approximate surface area is 109 Å². The monoisotopic (exact) mass is 262 g/mol. The third-order valence-corrected chi connectivity index (χ3v) is 3.27. The first-order valence-corrected chi connectivity index (χ1v) is 6.34. The molecular weight excluding hydrogens is 248 g/mol. The molecular formula is C12H14N4OS. The summed E-state index contributed by atoms with van der Waals surface area (Å²) in [4.78, 5) is 20.8. The Morgan fingerprint density at radius 2 is 2.28 bits per heavy atom. The summed E-state index contributed by atoms with van der Waals surface area (Å²) in [5, 5.41) is 6.84. The summed E-state index contributed by atoms with van der Waals surface area (Å²) in [5.41, 5.74) is 1.28. The van der Waals surface area contributed by atoms with Gasteiger partial charge in [0.25, 0.3) is 5.91 Å². The van der Waals surface area contributed by atoms with Crippen molar-refractivity contribution in [2.24, 2.45) is 0 Å². The van der Waals surface area contributed by atoms with E-state index in [4.69, 9.17) is 0 Å². The minimum atomic E-state index is -0.188. The fourth-order valence-corrected chi connectivity index (χ4v) is 2.20. The van der Waals surface area contributed by atoms with E-state index in [-0.39, 0.29) is 5.91 Å². The number of amides is 1. The van der Waals surface area contributed by atoms with Crippen LogP contribution in [0.25, 0.3) is 0 Å². The van der Waals surface area contributed by atoms with Crippen LogP contribution in [0.2, 0.25) is 0 Å². The molecule has 6 heteroatoms. The van der Waals surface area contributed by atoms with Gasteiger partial charge in [-0.15, -0.1) is 11.3 Å². The van der Waals surface area contributed by atoms with Crippen LogP contribution in [-0.2, 0) is 6.54 Å². The van der Waals surface area contributed by atoms with Gasteiger partial charge in [0.15, 0.2) is 0 Å². The van der Waals surface area contributed by atoms with Gasteiger partial charge in [0.2, 0.25) is 0 Å². The Bertz CT molecular complexity index is 553. The van der Waals surface area contributed by atoms with Gasteiger partial charge in [-0.25, -0.2) is 4.98 Å². The molecule has 0 aliphatic rings. The second-order valence-corrected chi connectivity index (χ2v) is 5.03. The Balaban J connectivity index is 2.03. The van der Waals surface area contributed by atoms with Gasteiger partial charge in [0.05, 0.1) is 11.6 Å². The van der Waals surface area contributed by atoms with Crippen LogP contribution in [0.1, 0.15) is 20.4 Å². The van der Waals surface area contributed by atoms with E-state index in [0.29, 0.717) is 12.2 Å². The van der Waals surface area contributed by atoms with E-state index in [1.54, 1.807) is 30.6 Å². The molecule has 2 N–H and O–H groups in total. The van der Waals surface area contributed by atoms with Crippen LogP contribution in [0.3, 0.4) is 0 Å². The molecule has 5 nitrogen and oxygen atoms in total. The molecule has 1 amide bonds. The molecule has 2 rings (SSSR count). The predicted molar refractivity (Wildman–Crippen MR) is 71.8 cm³/mol. The number of thiazole rings is 1. The first-order chi connectivity index (χ1) is 8.69. The molecule has 0 atom stereocenters. The molecule has 2 heterocycles. The zero-order valence-electron chi connectivity index (χ0n) is 10.2. The van der Waals surface area contributed by atoms with Gasteiger partial charge >= 0.3 is 0 Å². The topological polar surface area (TPSA) is 66.9 Å². The Morgan fingerprint density at radius 3 is 2.94 bits per heavy atom. The minimum Gasteiger partial charge on any atom is -0.380 e. The number of carbonyl (C=O) groups is 1. The summed E-state index contributed by atoms with van der Waals surface area (Å²) in [6, 6.07) is 3.56. The van der Waals surface area contributed by atoms with Crippen molar-refractivity contribution < 1.29 is 4.79 Å². The van der Waals surface area contributed by atoms with E-state index in [1.807, 2.05) is 19.2 Å². The zero-order chi connectivity index (χ0) is 13.0. The van der Waals surface area contributed by atoms with E-state index < -0.39 is 0 Å². The summed E-state index contributed by atoms with van der Waals surface area (Å²) < 4.78 is 0. The van der Waals surface area contributed by atoms with Crippen LogP contribution >= 0.6 is 11.3 Å². The zero-order valence-corrected chi connectivity index (χ0v) is 11.0. The van der Waals surface area contributed by atoms with Gasteiger partial charge in [0.1, 0.15) is 5.69 Å². The van der Waals surface area contributed by atoms with Gasteiger partial charge < -0.3 is 10.6 Å². The molecule has 0 aliphatic carbocycles. The van der Waals surface area contributed by atoms with E-state index in [0.717, 1.165) is 15.6 Å².